The molecule has 25 heavy (non-hydrogen) atoms. The van der Waals surface area contributed by atoms with Crippen LogP contribution in [0.3, 0.4) is 0 Å². The molecule has 3 aromatic rings. The number of amides is 1. The van der Waals surface area contributed by atoms with Gasteiger partial charge in [-0.3, -0.25) is 0 Å². The molecule has 6 nitrogen and oxygen atoms in total. The third-order valence-electron chi connectivity index (χ3n) is 3.69. The van der Waals surface area contributed by atoms with E-state index in [1.807, 2.05) is 13.0 Å². The standard InChI is InChI=1S/C17H13AtFN5O/c1-9-5-6-22-14-7-10(12(19)8-11(9)14)3-4-13-15(16(20)25)17(21-2)24(18)23-13/h5-8,21H,1-2H3,(H2,20,25). The maximum atomic E-state index is 14.4. The molecular formula is C17H13AtFN5O. The fourth-order valence-corrected chi connectivity index (χ4v) is 3.41. The van der Waals surface area contributed by atoms with Crippen LogP contribution in [-0.4, -0.2) is 25.7 Å². The van der Waals surface area contributed by atoms with Gasteiger partial charge in [-0.2, -0.15) is 0 Å². The first kappa shape index (κ1) is 17.3. The average molecular weight is 532 g/mol. The van der Waals surface area contributed by atoms with Crippen molar-refractivity contribution in [2.24, 2.45) is 5.73 Å². The van der Waals surface area contributed by atoms with Crippen LogP contribution in [0.1, 0.15) is 27.2 Å². The molecule has 8 heteroatoms. The summed E-state index contributed by atoms with van der Waals surface area (Å²) in [6.45, 7) is 1.89. The van der Waals surface area contributed by atoms with Crippen LogP contribution in [0.4, 0.5) is 10.2 Å². The predicted molar refractivity (Wildman–Crippen MR) is 88.1 cm³/mol. The Balaban J connectivity index is 2.13. The van der Waals surface area contributed by atoms with Crippen LogP contribution in [0, 0.1) is 49.6 Å². The number of carbonyl (C=O) groups is 1. The Hall–Kier alpha value is -2.52. The van der Waals surface area contributed by atoms with Crippen LogP contribution in [0.2, 0.25) is 0 Å². The van der Waals surface area contributed by atoms with Crippen LogP contribution in [0.25, 0.3) is 10.9 Å². The molecule has 0 aliphatic carbocycles. The molecule has 0 atom stereocenters. The number of benzene rings is 1. The number of nitrogens with zero attached hydrogens (tertiary/aromatic N) is 3. The van der Waals surface area contributed by atoms with Crippen molar-refractivity contribution >= 4 is 22.6 Å². The van der Waals surface area contributed by atoms with Crippen molar-refractivity contribution in [3.05, 3.63) is 52.6 Å². The predicted octanol–water partition coefficient (Wildman–Crippen LogP) is 1.73. The van der Waals surface area contributed by atoms with Gasteiger partial charge in [-0.15, -0.1) is 0 Å². The number of nitrogens with two attached hydrogens (primary N) is 1. The quantitative estimate of drug-likeness (QED) is 0.493. The summed E-state index contributed by atoms with van der Waals surface area (Å²) in [6.07, 6.45) is 1.66. The average Bonchev–Trinajstić information content (AvgIpc) is 2.89. The number of hydrogen-bond donors (Lipinski definition) is 2. The van der Waals surface area contributed by atoms with Crippen LogP contribution in [-0.2, 0) is 0 Å². The zero-order valence-electron chi connectivity index (χ0n) is 13.4. The van der Waals surface area contributed by atoms with Gasteiger partial charge in [0.15, 0.2) is 0 Å². The Morgan fingerprint density at radius 2 is 2.16 bits per heavy atom. The van der Waals surface area contributed by atoms with E-state index >= 15 is 0 Å². The van der Waals surface area contributed by atoms with E-state index in [-0.39, 0.29) is 16.8 Å². The molecule has 2 heterocycles. The van der Waals surface area contributed by atoms with Crippen molar-refractivity contribution in [2.45, 2.75) is 6.92 Å². The van der Waals surface area contributed by atoms with Crippen molar-refractivity contribution in [3.63, 3.8) is 0 Å². The molecule has 0 aliphatic rings. The van der Waals surface area contributed by atoms with E-state index in [0.29, 0.717) is 11.3 Å². The molecule has 0 fully saturated rings. The summed E-state index contributed by atoms with van der Waals surface area (Å²) in [5, 5.41) is 7.79. The van der Waals surface area contributed by atoms with E-state index in [4.69, 9.17) is 5.73 Å². The number of aromatic nitrogens is 3. The summed E-state index contributed by atoms with van der Waals surface area (Å²) in [7, 11) is 1.66. The molecule has 0 unspecified atom stereocenters. The molecule has 3 rings (SSSR count). The van der Waals surface area contributed by atoms with Gasteiger partial charge in [0.25, 0.3) is 0 Å². The van der Waals surface area contributed by atoms with Gasteiger partial charge in [-0.05, 0) is 0 Å². The van der Waals surface area contributed by atoms with E-state index < -0.39 is 11.7 Å². The Labute approximate surface area is 158 Å². The number of carbonyl (C=O) groups excluding carboxylic acids is 1. The van der Waals surface area contributed by atoms with E-state index in [0.717, 1.165) is 10.9 Å². The maximum absolute atomic E-state index is 14.4. The summed E-state index contributed by atoms with van der Waals surface area (Å²) in [6, 6.07) is 4.82. The van der Waals surface area contributed by atoms with Crippen LogP contribution >= 0.6 is 0 Å². The van der Waals surface area contributed by atoms with Gasteiger partial charge >= 0.3 is 159 Å². The fourth-order valence-electron chi connectivity index (χ4n) is 2.46. The number of aryl methyl sites for hydroxylation is 1. The molecule has 0 radical (unpaired) electrons. The number of nitrogens with one attached hydrogen (secondary N) is 1. The summed E-state index contributed by atoms with van der Waals surface area (Å²) in [5.74, 6) is 4.85. The van der Waals surface area contributed by atoms with Gasteiger partial charge in [0, 0.05) is 0 Å². The molecule has 2 aromatic heterocycles. The van der Waals surface area contributed by atoms with Gasteiger partial charge in [0.1, 0.15) is 0 Å². The minimum atomic E-state index is -0.646. The van der Waals surface area contributed by atoms with Crippen molar-refractivity contribution < 1.29 is 34.2 Å². The Morgan fingerprint density at radius 1 is 1.40 bits per heavy atom. The van der Waals surface area contributed by atoms with E-state index in [1.54, 1.807) is 19.3 Å². The number of fused-ring (bicyclic) bond motifs is 1. The first-order chi connectivity index (χ1) is 11.9. The molecule has 3 N–H and O–H groups in total. The normalized spacial score (nSPS) is 10.4. The third kappa shape index (κ3) is 3.20. The molecule has 0 aliphatic heterocycles. The molecular weight excluding hydrogens is 519 g/mol. The van der Waals surface area contributed by atoms with Crippen molar-refractivity contribution in [3.8, 4) is 11.8 Å². The molecule has 0 bridgehead atoms. The summed E-state index contributed by atoms with van der Waals surface area (Å²) < 4.78 is 15.9. The SMILES string of the molecule is CNc1c(C(N)=O)c(C#Cc2cc3nccc(C)c3cc2F)nn1[At]. The summed E-state index contributed by atoms with van der Waals surface area (Å²) in [5.41, 5.74) is 7.58. The van der Waals surface area contributed by atoms with E-state index in [2.05, 4.69) is 27.2 Å². The van der Waals surface area contributed by atoms with Crippen molar-refractivity contribution in [1.29, 1.82) is 0 Å². The van der Waals surface area contributed by atoms with Gasteiger partial charge in [-0.25, -0.2) is 0 Å². The van der Waals surface area contributed by atoms with Gasteiger partial charge in [-0.1, -0.05) is 0 Å². The first-order valence-corrected chi connectivity index (χ1v) is 8.57. The number of halogens is 1. The Kier molecular flexibility index (Phi) is 4.69. The van der Waals surface area contributed by atoms with Gasteiger partial charge in [0.2, 0.25) is 0 Å². The van der Waals surface area contributed by atoms with Crippen molar-refractivity contribution in [2.75, 3.05) is 12.4 Å². The molecule has 0 spiro atoms. The fraction of sp³-hybridized carbons (Fsp3) is 0.118. The molecule has 1 amide bonds. The van der Waals surface area contributed by atoms with Crippen LogP contribution < -0.4 is 11.1 Å². The number of hydrogen-bond acceptors (Lipinski definition) is 4. The topological polar surface area (TPSA) is 85.8 Å². The summed E-state index contributed by atoms with van der Waals surface area (Å²) in [4.78, 5) is 15.9. The van der Waals surface area contributed by atoms with E-state index in [1.165, 1.54) is 33.7 Å². The monoisotopic (exact) mass is 532 g/mol. The second kappa shape index (κ2) is 6.77. The van der Waals surface area contributed by atoms with E-state index in [9.17, 15) is 9.18 Å². The Morgan fingerprint density at radius 3 is 2.84 bits per heavy atom. The minimum absolute atomic E-state index is 0.183. The summed E-state index contributed by atoms with van der Waals surface area (Å²) >= 11 is 1.21. The van der Waals surface area contributed by atoms with Crippen LogP contribution in [0.15, 0.2) is 24.4 Å². The number of pyridine rings is 1. The van der Waals surface area contributed by atoms with Gasteiger partial charge < -0.3 is 0 Å². The second-order valence-corrected chi connectivity index (χ2v) is 6.52. The molecule has 1 aromatic carbocycles. The second-order valence-electron chi connectivity index (χ2n) is 5.27. The van der Waals surface area contributed by atoms with Crippen molar-refractivity contribution in [1.82, 2.24) is 12.7 Å². The van der Waals surface area contributed by atoms with Crippen LogP contribution in [0.5, 0.6) is 0 Å². The third-order valence-corrected chi connectivity index (χ3v) is 4.64. The number of anilines is 1. The molecule has 0 saturated heterocycles. The number of rotatable bonds is 2. The molecule has 126 valence electrons. The Bertz CT molecular complexity index is 1060. The first-order valence-electron chi connectivity index (χ1n) is 7.26. The molecule has 0 saturated carbocycles. The zero-order valence-corrected chi connectivity index (χ0v) is 16.3. The van der Waals surface area contributed by atoms with Gasteiger partial charge in [0.05, 0.1) is 0 Å². The number of primary amides is 1. The zero-order chi connectivity index (χ0) is 18.1.